The normalized spacial score (nSPS) is 17.5. The van der Waals surface area contributed by atoms with Crippen LogP contribution in [-0.2, 0) is 14.3 Å². The molecule has 1 heterocycles. The molecule has 1 aromatic carbocycles. The topological polar surface area (TPSA) is 52.6 Å². The molecule has 4 nitrogen and oxygen atoms in total. The molecule has 3 rings (SSSR count). The van der Waals surface area contributed by atoms with Crippen molar-refractivity contribution in [3.05, 3.63) is 47.1 Å². The number of ether oxygens (including phenoxy) is 2. The van der Waals surface area contributed by atoms with E-state index in [4.69, 9.17) is 9.47 Å². The lowest BCUT2D eigenvalue weighted by Crippen LogP contribution is -2.06. The van der Waals surface area contributed by atoms with Crippen LogP contribution < -0.4 is 4.74 Å². The van der Waals surface area contributed by atoms with Crippen LogP contribution in [0.15, 0.2) is 41.5 Å². The first-order valence-corrected chi connectivity index (χ1v) is 8.64. The zero-order valence-electron chi connectivity index (χ0n) is 14.0. The van der Waals surface area contributed by atoms with Crippen molar-refractivity contribution in [3.8, 4) is 5.75 Å². The lowest BCUT2D eigenvalue weighted by Gasteiger charge is -2.14. The van der Waals surface area contributed by atoms with Crippen LogP contribution in [0.1, 0.15) is 57.4 Å². The molecule has 1 saturated carbocycles. The van der Waals surface area contributed by atoms with Crippen molar-refractivity contribution in [2.75, 3.05) is 0 Å². The van der Waals surface area contributed by atoms with Gasteiger partial charge in [0.25, 0.3) is 0 Å². The van der Waals surface area contributed by atoms with Gasteiger partial charge in [-0.05, 0) is 62.4 Å². The SMILES string of the molecule is CCCC(=O)Oc1ccc(C2=CC(=C3CCCCC3)C(=O)O2)cc1. The van der Waals surface area contributed by atoms with E-state index in [9.17, 15) is 9.59 Å². The first-order chi connectivity index (χ1) is 11.7. The summed E-state index contributed by atoms with van der Waals surface area (Å²) >= 11 is 0. The van der Waals surface area contributed by atoms with Crippen LogP contribution in [0.3, 0.4) is 0 Å². The monoisotopic (exact) mass is 326 g/mol. The van der Waals surface area contributed by atoms with Crippen molar-refractivity contribution in [1.82, 2.24) is 0 Å². The van der Waals surface area contributed by atoms with Gasteiger partial charge in [-0.1, -0.05) is 18.9 Å². The van der Waals surface area contributed by atoms with E-state index in [1.165, 1.54) is 12.0 Å². The minimum atomic E-state index is -0.250. The Bertz CT molecular complexity index is 687. The van der Waals surface area contributed by atoms with Gasteiger partial charge in [-0.3, -0.25) is 4.79 Å². The summed E-state index contributed by atoms with van der Waals surface area (Å²) in [5.41, 5.74) is 2.75. The van der Waals surface area contributed by atoms with Crippen molar-refractivity contribution in [2.45, 2.75) is 51.9 Å². The average molecular weight is 326 g/mol. The molecule has 1 aliphatic carbocycles. The Hall–Kier alpha value is -2.36. The van der Waals surface area contributed by atoms with Crippen LogP contribution in [0.2, 0.25) is 0 Å². The van der Waals surface area contributed by atoms with Crippen molar-refractivity contribution < 1.29 is 19.1 Å². The number of allylic oxidation sites excluding steroid dienone is 1. The fraction of sp³-hybridized carbons (Fsp3) is 0.400. The van der Waals surface area contributed by atoms with E-state index in [2.05, 4.69) is 0 Å². The highest BCUT2D eigenvalue weighted by molar-refractivity contribution is 6.02. The minimum Gasteiger partial charge on any atom is -0.427 e. The number of carbonyl (C=O) groups excluding carboxylic acids is 2. The highest BCUT2D eigenvalue weighted by Crippen LogP contribution is 2.33. The van der Waals surface area contributed by atoms with Crippen LogP contribution in [0.25, 0.3) is 5.76 Å². The lowest BCUT2D eigenvalue weighted by molar-refractivity contribution is -0.134. The molecule has 0 atom stereocenters. The van der Waals surface area contributed by atoms with E-state index in [-0.39, 0.29) is 11.9 Å². The van der Waals surface area contributed by atoms with Gasteiger partial charge in [0, 0.05) is 12.0 Å². The van der Waals surface area contributed by atoms with Gasteiger partial charge in [-0.2, -0.15) is 0 Å². The molecule has 1 aliphatic heterocycles. The number of benzene rings is 1. The third kappa shape index (κ3) is 3.75. The number of carbonyl (C=O) groups is 2. The van der Waals surface area contributed by atoms with Gasteiger partial charge < -0.3 is 9.47 Å². The van der Waals surface area contributed by atoms with Crippen LogP contribution >= 0.6 is 0 Å². The van der Waals surface area contributed by atoms with Crippen molar-refractivity contribution in [1.29, 1.82) is 0 Å². The lowest BCUT2D eigenvalue weighted by atomic mass is 9.91. The van der Waals surface area contributed by atoms with Crippen LogP contribution in [0.4, 0.5) is 0 Å². The molecule has 2 aliphatic rings. The highest BCUT2D eigenvalue weighted by Gasteiger charge is 2.25. The summed E-state index contributed by atoms with van der Waals surface area (Å²) in [5.74, 6) is 0.592. The Morgan fingerprint density at radius 1 is 1.12 bits per heavy atom. The van der Waals surface area contributed by atoms with E-state index in [1.807, 2.05) is 25.1 Å². The smallest absolute Gasteiger partial charge is 0.343 e. The largest absolute Gasteiger partial charge is 0.427 e. The molecule has 1 aromatic rings. The molecule has 0 amide bonds. The Kier molecular flexibility index (Phi) is 5.14. The highest BCUT2D eigenvalue weighted by atomic mass is 16.5. The van der Waals surface area contributed by atoms with E-state index >= 15 is 0 Å². The average Bonchev–Trinajstić information content (AvgIpc) is 2.98. The maximum Gasteiger partial charge on any atom is 0.343 e. The molecule has 126 valence electrons. The third-order valence-electron chi connectivity index (χ3n) is 4.36. The van der Waals surface area contributed by atoms with Crippen molar-refractivity contribution in [3.63, 3.8) is 0 Å². The standard InChI is InChI=1S/C20H22O4/c1-2-6-19(21)23-16-11-9-15(10-12-16)18-13-17(20(22)24-18)14-7-4-3-5-8-14/h9-13H,2-8H2,1H3. The van der Waals surface area contributed by atoms with Gasteiger partial charge in [-0.15, -0.1) is 0 Å². The maximum absolute atomic E-state index is 12.1. The van der Waals surface area contributed by atoms with Crippen molar-refractivity contribution >= 4 is 17.7 Å². The Morgan fingerprint density at radius 2 is 1.83 bits per heavy atom. The number of hydrogen-bond donors (Lipinski definition) is 0. The Balaban J connectivity index is 1.75. The zero-order valence-corrected chi connectivity index (χ0v) is 14.0. The van der Waals surface area contributed by atoms with E-state index in [0.717, 1.165) is 43.2 Å². The summed E-state index contributed by atoms with van der Waals surface area (Å²) in [6.07, 6.45) is 8.52. The van der Waals surface area contributed by atoms with Gasteiger partial charge in [-0.25, -0.2) is 4.79 Å². The summed E-state index contributed by atoms with van der Waals surface area (Å²) in [6, 6.07) is 7.07. The van der Waals surface area contributed by atoms with E-state index in [1.54, 1.807) is 12.1 Å². The molecule has 0 saturated heterocycles. The molecule has 0 unspecified atom stereocenters. The quantitative estimate of drug-likeness (QED) is 0.463. The molecular formula is C20H22O4. The summed E-state index contributed by atoms with van der Waals surface area (Å²) < 4.78 is 10.7. The number of hydrogen-bond acceptors (Lipinski definition) is 4. The fourth-order valence-electron chi connectivity index (χ4n) is 3.08. The maximum atomic E-state index is 12.1. The fourth-order valence-corrected chi connectivity index (χ4v) is 3.08. The molecule has 4 heteroatoms. The van der Waals surface area contributed by atoms with Gasteiger partial charge >= 0.3 is 11.9 Å². The molecule has 24 heavy (non-hydrogen) atoms. The molecule has 0 bridgehead atoms. The Morgan fingerprint density at radius 3 is 2.50 bits per heavy atom. The predicted octanol–water partition coefficient (Wildman–Crippen LogP) is 4.55. The Labute approximate surface area is 142 Å². The number of cyclic esters (lactones) is 1. The minimum absolute atomic E-state index is 0.235. The van der Waals surface area contributed by atoms with E-state index < -0.39 is 0 Å². The second kappa shape index (κ2) is 7.47. The predicted molar refractivity (Wildman–Crippen MR) is 91.2 cm³/mol. The zero-order chi connectivity index (χ0) is 16.9. The van der Waals surface area contributed by atoms with Gasteiger partial charge in [0.15, 0.2) is 0 Å². The first kappa shape index (κ1) is 16.5. The van der Waals surface area contributed by atoms with Gasteiger partial charge in [0.2, 0.25) is 0 Å². The number of rotatable bonds is 4. The summed E-state index contributed by atoms with van der Waals surface area (Å²) in [7, 11) is 0. The van der Waals surface area contributed by atoms with Crippen LogP contribution in [0.5, 0.6) is 5.75 Å². The molecule has 0 aromatic heterocycles. The third-order valence-corrected chi connectivity index (χ3v) is 4.36. The first-order valence-electron chi connectivity index (χ1n) is 8.64. The molecule has 0 N–H and O–H groups in total. The summed E-state index contributed by atoms with van der Waals surface area (Å²) in [6.45, 7) is 1.93. The summed E-state index contributed by atoms with van der Waals surface area (Å²) in [4.78, 5) is 23.6. The molecule has 0 spiro atoms. The van der Waals surface area contributed by atoms with Crippen LogP contribution in [-0.4, -0.2) is 11.9 Å². The van der Waals surface area contributed by atoms with Crippen molar-refractivity contribution in [2.24, 2.45) is 0 Å². The van der Waals surface area contributed by atoms with Crippen LogP contribution in [0, 0.1) is 0 Å². The van der Waals surface area contributed by atoms with E-state index in [0.29, 0.717) is 17.9 Å². The van der Waals surface area contributed by atoms with Gasteiger partial charge in [0.05, 0.1) is 5.57 Å². The molecule has 1 fully saturated rings. The van der Waals surface area contributed by atoms with Gasteiger partial charge in [0.1, 0.15) is 11.5 Å². The molecule has 0 radical (unpaired) electrons. The summed E-state index contributed by atoms with van der Waals surface area (Å²) in [5, 5.41) is 0. The second-order valence-corrected chi connectivity index (χ2v) is 6.22. The second-order valence-electron chi connectivity index (χ2n) is 6.22. The molecular weight excluding hydrogens is 304 g/mol. The number of esters is 2.